The molecule has 0 amide bonds. The van der Waals surface area contributed by atoms with Crippen LogP contribution in [-0.4, -0.2) is 15.1 Å². The van der Waals surface area contributed by atoms with Crippen LogP contribution >= 0.6 is 0 Å². The predicted molar refractivity (Wildman–Crippen MR) is 68.1 cm³/mol. The van der Waals surface area contributed by atoms with Crippen molar-refractivity contribution in [3.8, 4) is 0 Å². The van der Waals surface area contributed by atoms with Gasteiger partial charge in [0.15, 0.2) is 0 Å². The van der Waals surface area contributed by atoms with E-state index in [1.165, 1.54) is 6.07 Å². The molecular formula is C11H13N5O2. The fraction of sp³-hybridized carbons (Fsp3) is 0.182. The van der Waals surface area contributed by atoms with Gasteiger partial charge in [-0.15, -0.1) is 0 Å². The summed E-state index contributed by atoms with van der Waals surface area (Å²) < 4.78 is 0. The Hall–Kier alpha value is -2.57. The number of rotatable bonds is 4. The molecule has 1 aromatic heterocycles. The smallest absolute Gasteiger partial charge is 0.292 e. The molecule has 0 aliphatic carbocycles. The number of nitrogens with two attached hydrogens (primary N) is 1. The van der Waals surface area contributed by atoms with Crippen LogP contribution in [-0.2, 0) is 0 Å². The van der Waals surface area contributed by atoms with Crippen LogP contribution < -0.4 is 11.1 Å². The zero-order chi connectivity index (χ0) is 13.1. The monoisotopic (exact) mass is 247 g/mol. The third-order valence-corrected chi connectivity index (χ3v) is 2.63. The summed E-state index contributed by atoms with van der Waals surface area (Å²) in [5, 5.41) is 20.4. The number of nitro groups is 1. The second-order valence-corrected chi connectivity index (χ2v) is 3.93. The Labute approximate surface area is 103 Å². The molecule has 1 unspecified atom stereocenters. The van der Waals surface area contributed by atoms with Crippen LogP contribution in [0.4, 0.5) is 17.1 Å². The first-order valence-electron chi connectivity index (χ1n) is 5.37. The second-order valence-electron chi connectivity index (χ2n) is 3.93. The predicted octanol–water partition coefficient (Wildman–Crippen LogP) is 2.07. The van der Waals surface area contributed by atoms with E-state index in [9.17, 15) is 10.1 Å². The Bertz CT molecular complexity index is 553. The third-order valence-electron chi connectivity index (χ3n) is 2.63. The topological polar surface area (TPSA) is 110 Å². The Kier molecular flexibility index (Phi) is 3.13. The molecule has 1 atom stereocenters. The highest BCUT2D eigenvalue weighted by Gasteiger charge is 2.12. The van der Waals surface area contributed by atoms with Gasteiger partial charge in [-0.1, -0.05) is 0 Å². The molecule has 1 heterocycles. The minimum Gasteiger partial charge on any atom is -0.393 e. The highest BCUT2D eigenvalue weighted by Crippen LogP contribution is 2.26. The van der Waals surface area contributed by atoms with Gasteiger partial charge < -0.3 is 11.1 Å². The van der Waals surface area contributed by atoms with E-state index < -0.39 is 4.92 Å². The number of H-pyrrole nitrogens is 1. The molecule has 94 valence electrons. The lowest BCUT2D eigenvalue weighted by Crippen LogP contribution is -2.06. The summed E-state index contributed by atoms with van der Waals surface area (Å²) in [5.74, 6) is 0. The summed E-state index contributed by atoms with van der Waals surface area (Å²) >= 11 is 0. The van der Waals surface area contributed by atoms with Crippen molar-refractivity contribution in [1.82, 2.24) is 10.2 Å². The Morgan fingerprint density at radius 1 is 1.56 bits per heavy atom. The van der Waals surface area contributed by atoms with E-state index in [4.69, 9.17) is 5.73 Å². The van der Waals surface area contributed by atoms with Crippen LogP contribution in [0, 0.1) is 10.1 Å². The summed E-state index contributed by atoms with van der Waals surface area (Å²) in [5.41, 5.74) is 7.39. The van der Waals surface area contributed by atoms with Gasteiger partial charge in [-0.2, -0.15) is 5.10 Å². The van der Waals surface area contributed by atoms with Gasteiger partial charge in [0.1, 0.15) is 5.69 Å². The standard InChI is InChI=1S/C11H13N5O2/c1-7(8-5-13-14-6-8)15-9-2-3-11(16(17)18)10(12)4-9/h2-7,15H,12H2,1H3,(H,13,14). The zero-order valence-corrected chi connectivity index (χ0v) is 9.75. The van der Waals surface area contributed by atoms with Crippen molar-refractivity contribution in [3.05, 3.63) is 46.3 Å². The number of nitrogens with one attached hydrogen (secondary N) is 2. The van der Waals surface area contributed by atoms with Gasteiger partial charge in [-0.25, -0.2) is 0 Å². The summed E-state index contributed by atoms with van der Waals surface area (Å²) in [4.78, 5) is 10.1. The fourth-order valence-electron chi connectivity index (χ4n) is 1.64. The van der Waals surface area contributed by atoms with Crippen LogP contribution in [0.25, 0.3) is 0 Å². The maximum Gasteiger partial charge on any atom is 0.292 e. The van der Waals surface area contributed by atoms with E-state index in [-0.39, 0.29) is 17.4 Å². The molecule has 0 bridgehead atoms. The molecule has 0 radical (unpaired) electrons. The summed E-state index contributed by atoms with van der Waals surface area (Å²) in [6.45, 7) is 1.96. The number of hydrogen-bond acceptors (Lipinski definition) is 5. The van der Waals surface area contributed by atoms with E-state index >= 15 is 0 Å². The van der Waals surface area contributed by atoms with Crippen molar-refractivity contribution in [3.63, 3.8) is 0 Å². The van der Waals surface area contributed by atoms with Crippen molar-refractivity contribution in [2.24, 2.45) is 0 Å². The Balaban J connectivity index is 2.15. The first kappa shape index (κ1) is 11.9. The van der Waals surface area contributed by atoms with Crippen molar-refractivity contribution >= 4 is 17.1 Å². The van der Waals surface area contributed by atoms with Crippen LogP contribution in [0.15, 0.2) is 30.6 Å². The molecule has 0 aliphatic rings. The van der Waals surface area contributed by atoms with Crippen molar-refractivity contribution < 1.29 is 4.92 Å². The lowest BCUT2D eigenvalue weighted by molar-refractivity contribution is -0.383. The molecule has 2 aromatic rings. The number of aromatic nitrogens is 2. The number of benzene rings is 1. The van der Waals surface area contributed by atoms with Gasteiger partial charge in [0.2, 0.25) is 0 Å². The molecule has 0 aliphatic heterocycles. The lowest BCUT2D eigenvalue weighted by Gasteiger charge is -2.13. The average molecular weight is 247 g/mol. The highest BCUT2D eigenvalue weighted by molar-refractivity contribution is 5.66. The SMILES string of the molecule is CC(Nc1ccc([N+](=O)[O-])c(N)c1)c1cn[nH]c1. The highest BCUT2D eigenvalue weighted by atomic mass is 16.6. The largest absolute Gasteiger partial charge is 0.393 e. The molecule has 4 N–H and O–H groups in total. The van der Waals surface area contributed by atoms with Crippen LogP contribution in [0.3, 0.4) is 0 Å². The van der Waals surface area contributed by atoms with Gasteiger partial charge in [-0.3, -0.25) is 15.2 Å². The van der Waals surface area contributed by atoms with Crippen LogP contribution in [0.1, 0.15) is 18.5 Å². The van der Waals surface area contributed by atoms with Crippen molar-refractivity contribution in [2.75, 3.05) is 11.1 Å². The van der Waals surface area contributed by atoms with E-state index in [0.29, 0.717) is 0 Å². The van der Waals surface area contributed by atoms with Gasteiger partial charge in [0, 0.05) is 23.5 Å². The second kappa shape index (κ2) is 4.74. The Morgan fingerprint density at radius 3 is 2.89 bits per heavy atom. The Morgan fingerprint density at radius 2 is 2.33 bits per heavy atom. The van der Waals surface area contributed by atoms with Gasteiger partial charge in [-0.05, 0) is 19.1 Å². The first-order valence-corrected chi connectivity index (χ1v) is 5.37. The van der Waals surface area contributed by atoms with Crippen LogP contribution in [0.5, 0.6) is 0 Å². The van der Waals surface area contributed by atoms with E-state index in [2.05, 4.69) is 15.5 Å². The summed E-state index contributed by atoms with van der Waals surface area (Å²) in [6, 6.07) is 4.60. The van der Waals surface area contributed by atoms with E-state index in [0.717, 1.165) is 11.3 Å². The van der Waals surface area contributed by atoms with E-state index in [1.807, 2.05) is 6.92 Å². The molecule has 7 nitrogen and oxygen atoms in total. The molecule has 0 spiro atoms. The van der Waals surface area contributed by atoms with Gasteiger partial charge in [0.05, 0.1) is 17.2 Å². The van der Waals surface area contributed by atoms with Crippen molar-refractivity contribution in [2.45, 2.75) is 13.0 Å². The number of nitro benzene ring substituents is 1. The molecule has 2 rings (SSSR count). The fourth-order valence-corrected chi connectivity index (χ4v) is 1.64. The zero-order valence-electron chi connectivity index (χ0n) is 9.75. The quantitative estimate of drug-likeness (QED) is 0.435. The van der Waals surface area contributed by atoms with E-state index in [1.54, 1.807) is 24.5 Å². The molecule has 0 saturated heterocycles. The average Bonchev–Trinajstić information content (AvgIpc) is 2.81. The first-order chi connectivity index (χ1) is 8.58. The maximum atomic E-state index is 10.6. The van der Waals surface area contributed by atoms with Gasteiger partial charge >= 0.3 is 0 Å². The molecule has 0 saturated carbocycles. The maximum absolute atomic E-state index is 10.6. The normalized spacial score (nSPS) is 12.1. The molecule has 7 heteroatoms. The number of aromatic amines is 1. The van der Waals surface area contributed by atoms with Crippen molar-refractivity contribution in [1.29, 1.82) is 0 Å². The summed E-state index contributed by atoms with van der Waals surface area (Å²) in [7, 11) is 0. The molecule has 0 fully saturated rings. The van der Waals surface area contributed by atoms with Gasteiger partial charge in [0.25, 0.3) is 5.69 Å². The number of nitrogen functional groups attached to an aromatic ring is 1. The molecular weight excluding hydrogens is 234 g/mol. The summed E-state index contributed by atoms with van der Waals surface area (Å²) in [6.07, 6.45) is 3.50. The molecule has 18 heavy (non-hydrogen) atoms. The minimum atomic E-state index is -0.501. The number of nitrogens with zero attached hydrogens (tertiary/aromatic N) is 2. The minimum absolute atomic E-state index is 0.0320. The number of anilines is 2. The molecule has 1 aromatic carbocycles. The third kappa shape index (κ3) is 2.40. The number of hydrogen-bond donors (Lipinski definition) is 3. The van der Waals surface area contributed by atoms with Crippen LogP contribution in [0.2, 0.25) is 0 Å². The lowest BCUT2D eigenvalue weighted by atomic mass is 10.1.